The standard InChI is InChI=1S/C18H18N2O/c1-3-5-13-7-10-18(19)17(11-13)16-9-8-15(20-21)12-14(16)6-4-2/h3-4,7-12H,1-2,5-6,19H2. The third-order valence-corrected chi connectivity index (χ3v) is 3.35. The number of nitroso groups, excluding NO2 is 1. The highest BCUT2D eigenvalue weighted by Gasteiger charge is 2.10. The van der Waals surface area contributed by atoms with Crippen molar-refractivity contribution in [2.75, 3.05) is 5.73 Å². The number of hydrogen-bond acceptors (Lipinski definition) is 3. The van der Waals surface area contributed by atoms with E-state index in [1.54, 1.807) is 18.2 Å². The Morgan fingerprint density at radius 3 is 2.43 bits per heavy atom. The molecule has 0 radical (unpaired) electrons. The molecule has 3 heteroatoms. The molecule has 0 fully saturated rings. The van der Waals surface area contributed by atoms with Crippen LogP contribution < -0.4 is 5.73 Å². The zero-order chi connectivity index (χ0) is 15.2. The van der Waals surface area contributed by atoms with Crippen LogP contribution in [0.15, 0.2) is 66.9 Å². The van der Waals surface area contributed by atoms with Gasteiger partial charge in [-0.25, -0.2) is 0 Å². The molecule has 0 unspecified atom stereocenters. The van der Waals surface area contributed by atoms with E-state index in [1.807, 2.05) is 24.3 Å². The molecule has 0 aliphatic carbocycles. The van der Waals surface area contributed by atoms with Gasteiger partial charge in [-0.3, -0.25) is 0 Å². The van der Waals surface area contributed by atoms with Gasteiger partial charge in [-0.2, -0.15) is 0 Å². The van der Waals surface area contributed by atoms with Gasteiger partial charge in [0.1, 0.15) is 5.69 Å². The molecule has 2 aromatic carbocycles. The molecule has 0 aliphatic heterocycles. The number of benzene rings is 2. The minimum Gasteiger partial charge on any atom is -0.398 e. The lowest BCUT2D eigenvalue weighted by molar-refractivity contribution is 1.25. The van der Waals surface area contributed by atoms with Crippen LogP contribution in [0.4, 0.5) is 11.4 Å². The van der Waals surface area contributed by atoms with E-state index in [9.17, 15) is 4.91 Å². The molecule has 2 rings (SSSR count). The van der Waals surface area contributed by atoms with E-state index in [0.29, 0.717) is 17.8 Å². The van der Waals surface area contributed by atoms with Gasteiger partial charge in [0.15, 0.2) is 0 Å². The van der Waals surface area contributed by atoms with Gasteiger partial charge in [-0.05, 0) is 59.0 Å². The van der Waals surface area contributed by atoms with Crippen molar-refractivity contribution in [2.24, 2.45) is 5.18 Å². The fourth-order valence-electron chi connectivity index (χ4n) is 2.35. The molecule has 0 atom stereocenters. The summed E-state index contributed by atoms with van der Waals surface area (Å²) in [5.41, 5.74) is 11.3. The highest BCUT2D eigenvalue weighted by Crippen LogP contribution is 2.33. The molecule has 3 nitrogen and oxygen atoms in total. The van der Waals surface area contributed by atoms with Crippen LogP contribution in [-0.4, -0.2) is 0 Å². The van der Waals surface area contributed by atoms with Gasteiger partial charge < -0.3 is 5.73 Å². The zero-order valence-electron chi connectivity index (χ0n) is 11.9. The van der Waals surface area contributed by atoms with E-state index in [0.717, 1.165) is 28.7 Å². The average Bonchev–Trinajstić information content (AvgIpc) is 2.50. The monoisotopic (exact) mass is 278 g/mol. The van der Waals surface area contributed by atoms with E-state index in [1.165, 1.54) is 0 Å². The zero-order valence-corrected chi connectivity index (χ0v) is 11.9. The fourth-order valence-corrected chi connectivity index (χ4v) is 2.35. The number of nitrogen functional groups attached to an aromatic ring is 1. The number of hydrogen-bond donors (Lipinski definition) is 1. The van der Waals surface area contributed by atoms with Crippen LogP contribution in [0.2, 0.25) is 0 Å². The van der Waals surface area contributed by atoms with Crippen LogP contribution in [0.25, 0.3) is 11.1 Å². The van der Waals surface area contributed by atoms with Gasteiger partial charge in [0.2, 0.25) is 0 Å². The summed E-state index contributed by atoms with van der Waals surface area (Å²) in [5.74, 6) is 0. The van der Waals surface area contributed by atoms with Gasteiger partial charge in [-0.1, -0.05) is 24.3 Å². The van der Waals surface area contributed by atoms with Crippen molar-refractivity contribution in [3.63, 3.8) is 0 Å². The molecular formula is C18H18N2O. The molecule has 0 amide bonds. The molecule has 21 heavy (non-hydrogen) atoms. The molecule has 0 saturated heterocycles. The lowest BCUT2D eigenvalue weighted by Crippen LogP contribution is -1.95. The van der Waals surface area contributed by atoms with Crippen molar-refractivity contribution in [1.29, 1.82) is 0 Å². The largest absolute Gasteiger partial charge is 0.398 e. The number of nitrogens with two attached hydrogens (primary N) is 1. The predicted octanol–water partition coefficient (Wildman–Crippen LogP) is 4.79. The van der Waals surface area contributed by atoms with Crippen LogP contribution >= 0.6 is 0 Å². The first kappa shape index (κ1) is 14.7. The Morgan fingerprint density at radius 1 is 1.00 bits per heavy atom. The minimum atomic E-state index is 0.413. The first-order valence-corrected chi connectivity index (χ1v) is 6.76. The van der Waals surface area contributed by atoms with Crippen LogP contribution in [-0.2, 0) is 12.8 Å². The Hall–Kier alpha value is -2.68. The molecule has 0 bridgehead atoms. The van der Waals surface area contributed by atoms with Gasteiger partial charge in [0.05, 0.1) is 0 Å². The quantitative estimate of drug-likeness (QED) is 0.469. The Labute approximate surface area is 124 Å². The lowest BCUT2D eigenvalue weighted by atomic mass is 9.94. The Kier molecular flexibility index (Phi) is 4.67. The smallest absolute Gasteiger partial charge is 0.108 e. The first-order chi connectivity index (χ1) is 10.2. The van der Waals surface area contributed by atoms with Gasteiger partial charge >= 0.3 is 0 Å². The molecule has 0 saturated carbocycles. The van der Waals surface area contributed by atoms with E-state index in [-0.39, 0.29) is 0 Å². The lowest BCUT2D eigenvalue weighted by Gasteiger charge is -2.12. The maximum atomic E-state index is 10.7. The molecule has 0 spiro atoms. The van der Waals surface area contributed by atoms with E-state index < -0.39 is 0 Å². The normalized spacial score (nSPS) is 10.1. The molecular weight excluding hydrogens is 260 g/mol. The third-order valence-electron chi connectivity index (χ3n) is 3.35. The van der Waals surface area contributed by atoms with Gasteiger partial charge in [-0.15, -0.1) is 18.1 Å². The Balaban J connectivity index is 2.59. The molecule has 0 heterocycles. The van der Waals surface area contributed by atoms with Gasteiger partial charge in [0.25, 0.3) is 0 Å². The summed E-state index contributed by atoms with van der Waals surface area (Å²) < 4.78 is 0. The second kappa shape index (κ2) is 6.66. The van der Waals surface area contributed by atoms with Crippen molar-refractivity contribution in [1.82, 2.24) is 0 Å². The maximum absolute atomic E-state index is 10.7. The number of rotatable bonds is 6. The van der Waals surface area contributed by atoms with E-state index in [2.05, 4.69) is 24.4 Å². The van der Waals surface area contributed by atoms with Gasteiger partial charge in [0, 0.05) is 11.3 Å². The maximum Gasteiger partial charge on any atom is 0.108 e. The summed E-state index contributed by atoms with van der Waals surface area (Å²) in [6, 6.07) is 11.3. The summed E-state index contributed by atoms with van der Waals surface area (Å²) in [5, 5.41) is 2.99. The highest BCUT2D eigenvalue weighted by molar-refractivity contribution is 5.80. The van der Waals surface area contributed by atoms with Crippen molar-refractivity contribution in [2.45, 2.75) is 12.8 Å². The van der Waals surface area contributed by atoms with Crippen molar-refractivity contribution < 1.29 is 0 Å². The van der Waals surface area contributed by atoms with E-state index in [4.69, 9.17) is 5.73 Å². The molecule has 106 valence electrons. The highest BCUT2D eigenvalue weighted by atomic mass is 16.3. The van der Waals surface area contributed by atoms with Crippen molar-refractivity contribution >= 4 is 11.4 Å². The second-order valence-corrected chi connectivity index (χ2v) is 4.84. The first-order valence-electron chi connectivity index (χ1n) is 6.76. The summed E-state index contributed by atoms with van der Waals surface area (Å²) in [4.78, 5) is 10.7. The Morgan fingerprint density at radius 2 is 1.76 bits per heavy atom. The molecule has 2 aromatic rings. The summed E-state index contributed by atoms with van der Waals surface area (Å²) in [6.45, 7) is 7.52. The fraction of sp³-hybridized carbons (Fsp3) is 0.111. The molecule has 2 N–H and O–H groups in total. The molecule has 0 aliphatic rings. The van der Waals surface area contributed by atoms with Crippen LogP contribution in [0, 0.1) is 4.91 Å². The van der Waals surface area contributed by atoms with Crippen LogP contribution in [0.5, 0.6) is 0 Å². The number of allylic oxidation sites excluding steroid dienone is 2. The van der Waals surface area contributed by atoms with Crippen molar-refractivity contribution in [3.8, 4) is 11.1 Å². The van der Waals surface area contributed by atoms with E-state index >= 15 is 0 Å². The SMILES string of the molecule is C=CCc1ccc(N)c(-c2ccc(N=O)cc2CC=C)c1. The minimum absolute atomic E-state index is 0.413. The van der Waals surface area contributed by atoms with Crippen molar-refractivity contribution in [3.05, 3.63) is 77.7 Å². The number of nitrogens with zero attached hydrogens (tertiary/aromatic N) is 1. The Bertz CT molecular complexity index is 690. The predicted molar refractivity (Wildman–Crippen MR) is 89.5 cm³/mol. The second-order valence-electron chi connectivity index (χ2n) is 4.84. The number of anilines is 1. The summed E-state index contributed by atoms with van der Waals surface area (Å²) in [7, 11) is 0. The topological polar surface area (TPSA) is 55.4 Å². The third kappa shape index (κ3) is 3.26. The summed E-state index contributed by atoms with van der Waals surface area (Å²) in [6.07, 6.45) is 5.11. The molecule has 0 aromatic heterocycles. The summed E-state index contributed by atoms with van der Waals surface area (Å²) >= 11 is 0. The van der Waals surface area contributed by atoms with Crippen LogP contribution in [0.3, 0.4) is 0 Å². The average molecular weight is 278 g/mol. The van der Waals surface area contributed by atoms with Crippen LogP contribution in [0.1, 0.15) is 11.1 Å².